The Hall–Kier alpha value is -1.98. The van der Waals surface area contributed by atoms with Crippen LogP contribution in [0.5, 0.6) is 0 Å². The summed E-state index contributed by atoms with van der Waals surface area (Å²) in [5.74, 6) is -1.70. The van der Waals surface area contributed by atoms with Gasteiger partial charge in [-0.25, -0.2) is 4.79 Å². The van der Waals surface area contributed by atoms with Crippen LogP contribution in [0.1, 0.15) is 32.4 Å². The molecule has 1 amide bonds. The zero-order chi connectivity index (χ0) is 15.8. The van der Waals surface area contributed by atoms with E-state index in [1.165, 1.54) is 4.90 Å². The van der Waals surface area contributed by atoms with E-state index in [0.717, 1.165) is 5.69 Å². The van der Waals surface area contributed by atoms with Crippen LogP contribution in [0.3, 0.4) is 0 Å². The van der Waals surface area contributed by atoms with Gasteiger partial charge in [0, 0.05) is 37.9 Å². The molecular weight excluding hydrogens is 272 g/mol. The summed E-state index contributed by atoms with van der Waals surface area (Å²) in [7, 11) is 1.88. The van der Waals surface area contributed by atoms with Crippen LogP contribution in [0.4, 0.5) is 4.79 Å². The second-order valence-corrected chi connectivity index (χ2v) is 6.48. The van der Waals surface area contributed by atoms with E-state index < -0.39 is 23.6 Å². The van der Waals surface area contributed by atoms with Crippen LogP contribution < -0.4 is 0 Å². The number of hydrogen-bond acceptors (Lipinski definition) is 3. The topological polar surface area (TPSA) is 71.8 Å². The lowest BCUT2D eigenvalue weighted by atomic mass is 9.93. The van der Waals surface area contributed by atoms with Crippen LogP contribution in [-0.2, 0) is 16.6 Å². The molecule has 6 heteroatoms. The third kappa shape index (κ3) is 3.37. The molecule has 1 aliphatic heterocycles. The largest absolute Gasteiger partial charge is 0.481 e. The molecule has 1 saturated heterocycles. The lowest BCUT2D eigenvalue weighted by Gasteiger charge is -2.24. The highest BCUT2D eigenvalue weighted by atomic mass is 16.6. The van der Waals surface area contributed by atoms with Crippen molar-refractivity contribution in [2.75, 3.05) is 13.1 Å². The van der Waals surface area contributed by atoms with Gasteiger partial charge >= 0.3 is 12.1 Å². The predicted molar refractivity (Wildman–Crippen MR) is 77.1 cm³/mol. The molecule has 0 spiro atoms. The monoisotopic (exact) mass is 294 g/mol. The van der Waals surface area contributed by atoms with Crippen molar-refractivity contribution >= 4 is 12.1 Å². The lowest BCUT2D eigenvalue weighted by molar-refractivity contribution is -0.141. The SMILES string of the molecule is Cn1cccc1C1CN(C(=O)OC(C)(C)C)CC1C(=O)O. The summed E-state index contributed by atoms with van der Waals surface area (Å²) in [4.78, 5) is 25.1. The van der Waals surface area contributed by atoms with E-state index in [1.807, 2.05) is 29.9 Å². The van der Waals surface area contributed by atoms with Crippen LogP contribution >= 0.6 is 0 Å². The molecule has 2 heterocycles. The van der Waals surface area contributed by atoms with E-state index in [1.54, 1.807) is 20.8 Å². The van der Waals surface area contributed by atoms with Gasteiger partial charge in [0.25, 0.3) is 0 Å². The fourth-order valence-electron chi connectivity index (χ4n) is 2.69. The maximum atomic E-state index is 12.1. The van der Waals surface area contributed by atoms with E-state index in [2.05, 4.69) is 0 Å². The van der Waals surface area contributed by atoms with Gasteiger partial charge in [-0.15, -0.1) is 0 Å². The van der Waals surface area contributed by atoms with Crippen molar-refractivity contribution in [1.29, 1.82) is 0 Å². The number of carbonyl (C=O) groups is 2. The van der Waals surface area contributed by atoms with E-state index >= 15 is 0 Å². The summed E-state index contributed by atoms with van der Waals surface area (Å²) in [5, 5.41) is 9.42. The van der Waals surface area contributed by atoms with Crippen molar-refractivity contribution in [1.82, 2.24) is 9.47 Å². The molecule has 0 bridgehead atoms. The number of amides is 1. The third-order valence-corrected chi connectivity index (χ3v) is 3.65. The van der Waals surface area contributed by atoms with Gasteiger partial charge in [-0.2, -0.15) is 0 Å². The predicted octanol–water partition coefficient (Wildman–Crippen LogP) is 2.06. The Morgan fingerprint density at radius 1 is 1.33 bits per heavy atom. The Kier molecular flexibility index (Phi) is 3.98. The van der Waals surface area contributed by atoms with Gasteiger partial charge in [0.2, 0.25) is 0 Å². The highest BCUT2D eigenvalue weighted by molar-refractivity contribution is 5.75. The van der Waals surface area contributed by atoms with Crippen molar-refractivity contribution < 1.29 is 19.4 Å². The molecule has 0 aromatic carbocycles. The average molecular weight is 294 g/mol. The minimum absolute atomic E-state index is 0.181. The molecule has 1 N–H and O–H groups in total. The number of ether oxygens (including phenoxy) is 1. The fraction of sp³-hybridized carbons (Fsp3) is 0.600. The van der Waals surface area contributed by atoms with Crippen molar-refractivity contribution in [3.63, 3.8) is 0 Å². The van der Waals surface area contributed by atoms with E-state index in [-0.39, 0.29) is 12.5 Å². The molecule has 1 aromatic rings. The lowest BCUT2D eigenvalue weighted by Crippen LogP contribution is -2.35. The van der Waals surface area contributed by atoms with Gasteiger partial charge in [-0.05, 0) is 32.9 Å². The Bertz CT molecular complexity index is 544. The molecule has 1 fully saturated rings. The molecule has 2 unspecified atom stereocenters. The van der Waals surface area contributed by atoms with Crippen molar-refractivity contribution in [3.8, 4) is 0 Å². The number of carboxylic acids is 1. The first kappa shape index (κ1) is 15.4. The minimum Gasteiger partial charge on any atom is -0.481 e. The molecule has 0 aliphatic carbocycles. The highest BCUT2D eigenvalue weighted by Gasteiger charge is 2.42. The third-order valence-electron chi connectivity index (χ3n) is 3.65. The summed E-state index contributed by atoms with van der Waals surface area (Å²) in [5.41, 5.74) is 0.340. The van der Waals surface area contributed by atoms with E-state index in [9.17, 15) is 14.7 Å². The Balaban J connectivity index is 2.18. The molecular formula is C15H22N2O4. The number of rotatable bonds is 2. The zero-order valence-corrected chi connectivity index (χ0v) is 12.9. The Morgan fingerprint density at radius 3 is 2.48 bits per heavy atom. The first-order chi connectivity index (χ1) is 9.69. The van der Waals surface area contributed by atoms with Crippen molar-refractivity contribution in [2.24, 2.45) is 13.0 Å². The smallest absolute Gasteiger partial charge is 0.410 e. The standard InChI is InChI=1S/C15H22N2O4/c1-15(2,3)21-14(20)17-8-10(11(9-17)13(18)19)12-6-5-7-16(12)4/h5-7,10-11H,8-9H2,1-4H3,(H,18,19). The summed E-state index contributed by atoms with van der Waals surface area (Å²) in [6.45, 7) is 5.93. The molecule has 2 atom stereocenters. The Labute approximate surface area is 124 Å². The number of hydrogen-bond donors (Lipinski definition) is 1. The number of likely N-dealkylation sites (tertiary alicyclic amines) is 1. The van der Waals surface area contributed by atoms with Gasteiger partial charge in [0.05, 0.1) is 5.92 Å². The summed E-state index contributed by atoms with van der Waals surface area (Å²) < 4.78 is 7.23. The molecule has 116 valence electrons. The fourth-order valence-corrected chi connectivity index (χ4v) is 2.69. The van der Waals surface area contributed by atoms with Crippen LogP contribution in [-0.4, -0.2) is 45.3 Å². The zero-order valence-electron chi connectivity index (χ0n) is 12.9. The average Bonchev–Trinajstić information content (AvgIpc) is 2.91. The van der Waals surface area contributed by atoms with Crippen LogP contribution in [0.25, 0.3) is 0 Å². The Morgan fingerprint density at radius 2 is 2.00 bits per heavy atom. The minimum atomic E-state index is -0.882. The summed E-state index contributed by atoms with van der Waals surface area (Å²) in [6.07, 6.45) is 1.43. The van der Waals surface area contributed by atoms with Gasteiger partial charge in [0.1, 0.15) is 5.60 Å². The maximum absolute atomic E-state index is 12.1. The first-order valence-electron chi connectivity index (χ1n) is 7.01. The number of aromatic nitrogens is 1. The van der Waals surface area contributed by atoms with Crippen LogP contribution in [0, 0.1) is 5.92 Å². The summed E-state index contributed by atoms with van der Waals surface area (Å²) >= 11 is 0. The number of carbonyl (C=O) groups excluding carboxylic acids is 1. The number of carboxylic acid groups (broad SMARTS) is 1. The normalized spacial score (nSPS) is 22.4. The number of nitrogens with zero attached hydrogens (tertiary/aromatic N) is 2. The van der Waals surface area contributed by atoms with Crippen molar-refractivity contribution in [2.45, 2.75) is 32.3 Å². The molecule has 1 aliphatic rings. The molecule has 0 radical (unpaired) electrons. The van der Waals surface area contributed by atoms with Gasteiger partial charge in [-0.1, -0.05) is 0 Å². The van der Waals surface area contributed by atoms with Crippen LogP contribution in [0.15, 0.2) is 18.3 Å². The number of aryl methyl sites for hydroxylation is 1. The van der Waals surface area contributed by atoms with E-state index in [4.69, 9.17) is 4.74 Å². The van der Waals surface area contributed by atoms with Gasteiger partial charge in [0.15, 0.2) is 0 Å². The van der Waals surface area contributed by atoms with Gasteiger partial charge < -0.3 is 19.3 Å². The second-order valence-electron chi connectivity index (χ2n) is 6.48. The molecule has 21 heavy (non-hydrogen) atoms. The molecule has 6 nitrogen and oxygen atoms in total. The summed E-state index contributed by atoms with van der Waals surface area (Å²) in [6, 6.07) is 3.78. The van der Waals surface area contributed by atoms with Crippen LogP contribution in [0.2, 0.25) is 0 Å². The molecule has 0 saturated carbocycles. The quantitative estimate of drug-likeness (QED) is 0.906. The second kappa shape index (κ2) is 5.42. The highest BCUT2D eigenvalue weighted by Crippen LogP contribution is 2.33. The van der Waals surface area contributed by atoms with Gasteiger partial charge in [-0.3, -0.25) is 4.79 Å². The first-order valence-corrected chi connectivity index (χ1v) is 7.01. The van der Waals surface area contributed by atoms with E-state index in [0.29, 0.717) is 6.54 Å². The molecule has 1 aromatic heterocycles. The maximum Gasteiger partial charge on any atom is 0.410 e. The number of aliphatic carboxylic acids is 1. The van der Waals surface area contributed by atoms with Crippen molar-refractivity contribution in [3.05, 3.63) is 24.0 Å². The molecule has 2 rings (SSSR count).